The number of thioether (sulfide) groups is 1. The molecule has 3 nitrogen and oxygen atoms in total. The summed E-state index contributed by atoms with van der Waals surface area (Å²) < 4.78 is 0.0161. The molecule has 0 radical (unpaired) electrons. The van der Waals surface area contributed by atoms with E-state index in [1.165, 1.54) is 0 Å². The molecule has 1 aromatic rings. The summed E-state index contributed by atoms with van der Waals surface area (Å²) in [6.07, 6.45) is 10.3. The number of nitrogens with zero attached hydrogens (tertiary/aromatic N) is 1. The standard InChI is InChI=1S/C18H18N2OS.ClH/c21-17(20-13-6-2-1-3-7-13)14-12-22-18-10-5-4-8-16(18)19-11-9-15(14)18;/h1-8,11,14-15H,9-10,12H2,(H,20,21);1H. The number of rotatable bonds is 2. The summed E-state index contributed by atoms with van der Waals surface area (Å²) in [4.78, 5) is 17.3. The average molecular weight is 347 g/mol. The van der Waals surface area contributed by atoms with Crippen molar-refractivity contribution < 1.29 is 4.79 Å². The zero-order chi connectivity index (χ0) is 15.0. The van der Waals surface area contributed by atoms with Gasteiger partial charge in [-0.1, -0.05) is 30.4 Å². The highest BCUT2D eigenvalue weighted by Crippen LogP contribution is 2.57. The SMILES string of the molecule is Cl.O=C(Nc1ccccc1)C1CSC23CC=CC=C2N=CCC13. The summed E-state index contributed by atoms with van der Waals surface area (Å²) in [7, 11) is 0. The molecule has 2 heterocycles. The number of aliphatic imine (C=N–C) groups is 1. The Bertz CT molecular complexity index is 686. The van der Waals surface area contributed by atoms with Crippen LogP contribution in [0, 0.1) is 11.8 Å². The second-order valence-corrected chi connectivity index (χ2v) is 7.35. The number of hydrogen-bond acceptors (Lipinski definition) is 3. The Kier molecular flexibility index (Phi) is 4.64. The van der Waals surface area contributed by atoms with E-state index in [0.29, 0.717) is 5.92 Å². The number of allylic oxidation sites excluding steroid dienone is 3. The van der Waals surface area contributed by atoms with Crippen molar-refractivity contribution in [1.29, 1.82) is 0 Å². The van der Waals surface area contributed by atoms with E-state index in [2.05, 4.69) is 28.5 Å². The zero-order valence-corrected chi connectivity index (χ0v) is 14.3. The van der Waals surface area contributed by atoms with Gasteiger partial charge in [0.15, 0.2) is 0 Å². The van der Waals surface area contributed by atoms with Crippen molar-refractivity contribution >= 4 is 42.0 Å². The van der Waals surface area contributed by atoms with Crippen molar-refractivity contribution in [3.63, 3.8) is 0 Å². The van der Waals surface area contributed by atoms with Gasteiger partial charge in [0.25, 0.3) is 0 Å². The molecule has 1 amide bonds. The molecule has 0 bridgehead atoms. The number of halogens is 1. The predicted octanol–water partition coefficient (Wildman–Crippen LogP) is 4.08. The molecule has 3 aliphatic rings. The lowest BCUT2D eigenvalue weighted by Gasteiger charge is -2.39. The molecule has 1 aliphatic carbocycles. The molecule has 1 spiro atoms. The molecule has 2 aliphatic heterocycles. The third kappa shape index (κ3) is 2.74. The van der Waals surface area contributed by atoms with Crippen LogP contribution in [-0.2, 0) is 4.79 Å². The van der Waals surface area contributed by atoms with Gasteiger partial charge < -0.3 is 5.32 Å². The van der Waals surface area contributed by atoms with Crippen LogP contribution < -0.4 is 5.32 Å². The number of benzene rings is 1. The van der Waals surface area contributed by atoms with Crippen molar-refractivity contribution in [2.75, 3.05) is 11.1 Å². The minimum atomic E-state index is 0. The molecule has 0 saturated carbocycles. The Labute approximate surface area is 146 Å². The van der Waals surface area contributed by atoms with Gasteiger partial charge in [0, 0.05) is 17.7 Å². The third-order valence-corrected chi connectivity index (χ3v) is 6.54. The summed E-state index contributed by atoms with van der Waals surface area (Å²) in [5.74, 6) is 1.41. The summed E-state index contributed by atoms with van der Waals surface area (Å²) in [5.41, 5.74) is 2.02. The number of hydrogen-bond donors (Lipinski definition) is 1. The van der Waals surface area contributed by atoms with Crippen molar-refractivity contribution in [3.8, 4) is 0 Å². The van der Waals surface area contributed by atoms with Gasteiger partial charge in [-0.2, -0.15) is 0 Å². The molecular weight excluding hydrogens is 328 g/mol. The molecule has 120 valence electrons. The van der Waals surface area contributed by atoms with Gasteiger partial charge >= 0.3 is 0 Å². The van der Waals surface area contributed by atoms with Gasteiger partial charge in [0.05, 0.1) is 16.4 Å². The number of amides is 1. The Morgan fingerprint density at radius 2 is 2.13 bits per heavy atom. The Hall–Kier alpha value is -1.52. The molecule has 3 unspecified atom stereocenters. The van der Waals surface area contributed by atoms with Crippen LogP contribution in [0.5, 0.6) is 0 Å². The van der Waals surface area contributed by atoms with E-state index < -0.39 is 0 Å². The number of carbonyl (C=O) groups is 1. The van der Waals surface area contributed by atoms with Crippen molar-refractivity contribution in [2.24, 2.45) is 16.8 Å². The van der Waals surface area contributed by atoms with E-state index in [-0.39, 0.29) is 29.0 Å². The summed E-state index contributed by atoms with van der Waals surface area (Å²) in [5, 5.41) is 3.07. The highest BCUT2D eigenvalue weighted by molar-refractivity contribution is 8.01. The summed E-state index contributed by atoms with van der Waals surface area (Å²) in [6.45, 7) is 0. The second kappa shape index (κ2) is 6.54. The molecule has 5 heteroatoms. The van der Waals surface area contributed by atoms with Gasteiger partial charge in [-0.05, 0) is 37.0 Å². The van der Waals surface area contributed by atoms with Gasteiger partial charge in [-0.25, -0.2) is 0 Å². The quantitative estimate of drug-likeness (QED) is 0.876. The van der Waals surface area contributed by atoms with Crippen LogP contribution in [0.1, 0.15) is 12.8 Å². The van der Waals surface area contributed by atoms with Crippen molar-refractivity contribution in [3.05, 3.63) is 54.3 Å². The van der Waals surface area contributed by atoms with Crippen LogP contribution in [0.2, 0.25) is 0 Å². The summed E-state index contributed by atoms with van der Waals surface area (Å²) in [6, 6.07) is 9.72. The zero-order valence-electron chi connectivity index (χ0n) is 12.6. The second-order valence-electron chi connectivity index (χ2n) is 6.00. The molecule has 1 aromatic carbocycles. The number of nitrogens with one attached hydrogen (secondary N) is 1. The molecule has 1 fully saturated rings. The van der Waals surface area contributed by atoms with E-state index in [1.807, 2.05) is 48.3 Å². The van der Waals surface area contributed by atoms with Crippen LogP contribution in [-0.4, -0.2) is 22.6 Å². The largest absolute Gasteiger partial charge is 0.326 e. The molecule has 0 aromatic heterocycles. The topological polar surface area (TPSA) is 41.5 Å². The maximum Gasteiger partial charge on any atom is 0.228 e. The van der Waals surface area contributed by atoms with Gasteiger partial charge in [0.2, 0.25) is 5.91 Å². The average Bonchev–Trinajstić information content (AvgIpc) is 2.93. The van der Waals surface area contributed by atoms with E-state index in [4.69, 9.17) is 0 Å². The van der Waals surface area contributed by atoms with E-state index >= 15 is 0 Å². The fraction of sp³-hybridized carbons (Fsp3) is 0.333. The van der Waals surface area contributed by atoms with Crippen LogP contribution in [0.25, 0.3) is 0 Å². The first kappa shape index (κ1) is 16.3. The van der Waals surface area contributed by atoms with E-state index in [1.54, 1.807) is 0 Å². The maximum atomic E-state index is 12.7. The van der Waals surface area contributed by atoms with E-state index in [0.717, 1.165) is 30.0 Å². The highest BCUT2D eigenvalue weighted by atomic mass is 35.5. The van der Waals surface area contributed by atoms with Crippen LogP contribution in [0.4, 0.5) is 5.69 Å². The van der Waals surface area contributed by atoms with E-state index in [9.17, 15) is 4.79 Å². The molecule has 3 atom stereocenters. The Morgan fingerprint density at radius 3 is 2.96 bits per heavy atom. The minimum absolute atomic E-state index is 0. The first-order valence-electron chi connectivity index (χ1n) is 7.69. The fourth-order valence-corrected chi connectivity index (χ4v) is 5.51. The van der Waals surface area contributed by atoms with Crippen LogP contribution in [0.15, 0.2) is 59.2 Å². The van der Waals surface area contributed by atoms with Crippen molar-refractivity contribution in [1.82, 2.24) is 0 Å². The molecule has 1 saturated heterocycles. The molecule has 23 heavy (non-hydrogen) atoms. The van der Waals surface area contributed by atoms with Crippen molar-refractivity contribution in [2.45, 2.75) is 17.6 Å². The minimum Gasteiger partial charge on any atom is -0.326 e. The molecular formula is C18H19ClN2OS. The molecule has 1 N–H and O–H groups in total. The highest BCUT2D eigenvalue weighted by Gasteiger charge is 2.54. The number of anilines is 1. The lowest BCUT2D eigenvalue weighted by molar-refractivity contribution is -0.120. The van der Waals surface area contributed by atoms with Gasteiger partial charge in [-0.15, -0.1) is 24.2 Å². The smallest absolute Gasteiger partial charge is 0.228 e. The summed E-state index contributed by atoms with van der Waals surface area (Å²) >= 11 is 1.91. The third-order valence-electron chi connectivity index (χ3n) is 4.82. The van der Waals surface area contributed by atoms with Gasteiger partial charge in [-0.3, -0.25) is 9.79 Å². The lowest BCUT2D eigenvalue weighted by Crippen LogP contribution is -2.41. The van der Waals surface area contributed by atoms with Gasteiger partial charge in [0.1, 0.15) is 0 Å². The maximum absolute atomic E-state index is 12.7. The monoisotopic (exact) mass is 346 g/mol. The lowest BCUT2D eigenvalue weighted by atomic mass is 9.73. The normalized spacial score (nSPS) is 30.7. The predicted molar refractivity (Wildman–Crippen MR) is 99.4 cm³/mol. The first-order valence-corrected chi connectivity index (χ1v) is 8.68. The van der Waals surface area contributed by atoms with Crippen LogP contribution >= 0.6 is 24.2 Å². The fourth-order valence-electron chi connectivity index (χ4n) is 3.70. The Morgan fingerprint density at radius 1 is 1.30 bits per heavy atom. The number of carbonyl (C=O) groups excluding carboxylic acids is 1. The Balaban J connectivity index is 0.00000156. The number of para-hydroxylation sites is 1. The first-order chi connectivity index (χ1) is 10.8. The van der Waals surface area contributed by atoms with Crippen LogP contribution in [0.3, 0.4) is 0 Å². The molecule has 4 rings (SSSR count).